The molecule has 0 spiro atoms. The van der Waals surface area contributed by atoms with Gasteiger partial charge in [-0.25, -0.2) is 0 Å². The van der Waals surface area contributed by atoms with Crippen molar-refractivity contribution in [3.8, 4) is 22.3 Å². The number of anilines is 5. The number of hydrogen-bond donors (Lipinski definition) is 1. The topological polar surface area (TPSA) is 26.7 Å². The summed E-state index contributed by atoms with van der Waals surface area (Å²) in [5.74, 6) is 0.0773. The van der Waals surface area contributed by atoms with Gasteiger partial charge in [-0.15, -0.1) is 0 Å². The zero-order valence-electron chi connectivity index (χ0n) is 41.4. The first-order valence-corrected chi connectivity index (χ1v) is 23.9. The Bertz CT molecular complexity index is 2710. The molecule has 0 fully saturated rings. The quantitative estimate of drug-likeness (QED) is 0.0843. The molecule has 0 saturated carbocycles. The Morgan fingerprint density at radius 1 is 0.708 bits per heavy atom. The Hall–Kier alpha value is -5.74. The van der Waals surface area contributed by atoms with E-state index in [0.717, 1.165) is 20.2 Å². The van der Waals surface area contributed by atoms with Gasteiger partial charge in [-0.1, -0.05) is 179 Å². The summed E-state index contributed by atoms with van der Waals surface area (Å²) in [4.78, 5) is 5.24. The second-order valence-electron chi connectivity index (χ2n) is 22.7. The fourth-order valence-electron chi connectivity index (χ4n) is 10.3. The number of aryl methyl sites for hydroxylation is 1. The number of para-hydroxylation sites is 1. The zero-order chi connectivity index (χ0) is 46.7. The third-order valence-corrected chi connectivity index (χ3v) is 15.2. The maximum Gasteiger partial charge on any atom is 0.200 e. The molecule has 2 aliphatic rings. The summed E-state index contributed by atoms with van der Waals surface area (Å²) < 4.78 is 0. The Balaban J connectivity index is 1.45. The van der Waals surface area contributed by atoms with Gasteiger partial charge >= 0.3 is 0 Å². The molecule has 6 aromatic rings. The summed E-state index contributed by atoms with van der Waals surface area (Å²) >= 11 is 0. The minimum atomic E-state index is -0.297. The molecule has 1 unspecified atom stereocenters. The number of allylic oxidation sites excluding steroid dienone is 2. The van der Waals surface area contributed by atoms with Crippen molar-refractivity contribution in [2.45, 2.75) is 119 Å². The molecule has 1 aliphatic heterocycles. The number of hydrogen-bond acceptors (Lipinski definition) is 3. The molecule has 8 rings (SSSR count). The number of rotatable bonds is 10. The largest absolute Gasteiger partial charge is 0.509 e. The molecule has 3 nitrogen and oxygen atoms in total. The van der Waals surface area contributed by atoms with Gasteiger partial charge in [0.1, 0.15) is 5.76 Å². The third kappa shape index (κ3) is 8.86. The number of benzene rings is 6. The van der Waals surface area contributed by atoms with Crippen LogP contribution in [0.25, 0.3) is 22.3 Å². The van der Waals surface area contributed by atoms with Gasteiger partial charge in [-0.05, 0) is 141 Å². The highest BCUT2D eigenvalue weighted by Gasteiger charge is 2.40. The molecule has 0 bridgehead atoms. The molecule has 0 amide bonds. The molecule has 1 N–H and O–H groups in total. The smallest absolute Gasteiger partial charge is 0.200 e. The molecule has 1 aliphatic carbocycles. The highest BCUT2D eigenvalue weighted by molar-refractivity contribution is 6.73. The van der Waals surface area contributed by atoms with Crippen molar-refractivity contribution in [1.82, 2.24) is 0 Å². The van der Waals surface area contributed by atoms with Crippen LogP contribution in [-0.2, 0) is 16.2 Å². The van der Waals surface area contributed by atoms with Crippen molar-refractivity contribution in [2.75, 3.05) is 16.3 Å². The molecule has 0 aromatic heterocycles. The highest BCUT2D eigenvalue weighted by Crippen LogP contribution is 2.51. The lowest BCUT2D eigenvalue weighted by molar-refractivity contribution is 0.158. The van der Waals surface area contributed by atoms with Gasteiger partial charge in [0.05, 0.1) is 5.69 Å². The Morgan fingerprint density at radius 3 is 1.85 bits per heavy atom. The first-order chi connectivity index (χ1) is 30.6. The lowest BCUT2D eigenvalue weighted by atomic mass is 9.59. The van der Waals surface area contributed by atoms with Crippen molar-refractivity contribution in [1.29, 1.82) is 0 Å². The van der Waals surface area contributed by atoms with Crippen LogP contribution in [0, 0.1) is 17.8 Å². The maximum atomic E-state index is 10.4. The van der Waals surface area contributed by atoms with Gasteiger partial charge < -0.3 is 14.9 Å². The van der Waals surface area contributed by atoms with E-state index in [1.807, 2.05) is 0 Å². The molecular formula is C61H71BN2O. The molecule has 6 aromatic carbocycles. The van der Waals surface area contributed by atoms with Crippen LogP contribution in [0.4, 0.5) is 28.4 Å². The van der Waals surface area contributed by atoms with Crippen LogP contribution >= 0.6 is 0 Å². The molecule has 1 atom stereocenters. The fourth-order valence-corrected chi connectivity index (χ4v) is 10.3. The van der Waals surface area contributed by atoms with Crippen molar-refractivity contribution in [3.63, 3.8) is 0 Å². The Labute approximate surface area is 392 Å². The van der Waals surface area contributed by atoms with Gasteiger partial charge in [0.2, 0.25) is 7.28 Å². The van der Waals surface area contributed by atoms with E-state index in [0.29, 0.717) is 0 Å². The highest BCUT2D eigenvalue weighted by atomic mass is 16.3. The monoisotopic (exact) mass is 859 g/mol. The van der Waals surface area contributed by atoms with E-state index in [2.05, 4.69) is 233 Å². The summed E-state index contributed by atoms with van der Waals surface area (Å²) in [6, 6.07) is 48.2. The Kier molecular flexibility index (Phi) is 11.9. The Morgan fingerprint density at radius 2 is 1.28 bits per heavy atom. The van der Waals surface area contributed by atoms with E-state index in [1.165, 1.54) is 96.7 Å². The first-order valence-electron chi connectivity index (χ1n) is 23.9. The van der Waals surface area contributed by atoms with Crippen LogP contribution in [0.1, 0.15) is 118 Å². The first kappa shape index (κ1) is 45.8. The van der Waals surface area contributed by atoms with Crippen LogP contribution in [0.15, 0.2) is 152 Å². The maximum absolute atomic E-state index is 10.4. The van der Waals surface area contributed by atoms with Crippen molar-refractivity contribution < 1.29 is 5.11 Å². The lowest BCUT2D eigenvalue weighted by Crippen LogP contribution is -2.43. The number of fused-ring (bicyclic) bond motifs is 3. The van der Waals surface area contributed by atoms with E-state index in [9.17, 15) is 5.11 Å². The standard InChI is InChI=1S/C61H71BN2O/c1-41-36-53(55-54(37-41)64(52-27-21-20-26-51(52)62-55)46-28-29-49-50(40-46)60(11,12)33-32-59(49,9)10)63(35-34-61(13,58(6,7)8)31-30-42(2)65)56-47(43-22-16-14-17-23-43)38-45(57(3,4)5)39-48(56)44-24-18-15-19-25-44/h14-31,36-40,62,65H,2,32-35H2,1,3-13H3/b31-30-. The van der Waals surface area contributed by atoms with Gasteiger partial charge in [0.15, 0.2) is 0 Å². The molecule has 1 heterocycles. The fraction of sp³-hybridized carbons (Fsp3) is 0.344. The normalized spacial score (nSPS) is 16.2. The summed E-state index contributed by atoms with van der Waals surface area (Å²) in [7, 11) is 0.805. The van der Waals surface area contributed by atoms with Gasteiger partial charge in [0.25, 0.3) is 0 Å². The van der Waals surface area contributed by atoms with E-state index >= 15 is 0 Å². The van der Waals surface area contributed by atoms with Crippen molar-refractivity contribution in [2.24, 2.45) is 10.8 Å². The van der Waals surface area contributed by atoms with Gasteiger partial charge in [-0.2, -0.15) is 0 Å². The average molecular weight is 859 g/mol. The molecule has 334 valence electrons. The molecule has 0 saturated heterocycles. The minimum Gasteiger partial charge on any atom is -0.509 e. The predicted octanol–water partition coefficient (Wildman–Crippen LogP) is 15.4. The summed E-state index contributed by atoms with van der Waals surface area (Å²) in [5, 5.41) is 10.4. The van der Waals surface area contributed by atoms with E-state index in [-0.39, 0.29) is 32.8 Å². The van der Waals surface area contributed by atoms with Crippen LogP contribution in [0.5, 0.6) is 0 Å². The van der Waals surface area contributed by atoms with Crippen LogP contribution < -0.4 is 20.7 Å². The molecule has 0 radical (unpaired) electrons. The average Bonchev–Trinajstić information content (AvgIpc) is 3.26. The second-order valence-corrected chi connectivity index (χ2v) is 22.7. The molecule has 4 heteroatoms. The van der Waals surface area contributed by atoms with Gasteiger partial charge in [0, 0.05) is 40.4 Å². The summed E-state index contributed by atoms with van der Waals surface area (Å²) in [5.41, 5.74) is 18.7. The van der Waals surface area contributed by atoms with Crippen LogP contribution in [0.2, 0.25) is 0 Å². The van der Waals surface area contributed by atoms with Gasteiger partial charge in [-0.3, -0.25) is 0 Å². The SMILES string of the molecule is C=C(O)/C=C\C(C)(CCN(c1cc(C)cc2c1Bc1ccccc1N2c1ccc2c(c1)C(C)(C)CCC2(C)C)c1c(-c2ccccc2)cc(C(C)(C)C)cc1-c1ccccc1)C(C)(C)C. The number of aliphatic hydroxyl groups excluding tert-OH is 1. The van der Waals surface area contributed by atoms with Crippen LogP contribution in [0.3, 0.4) is 0 Å². The number of nitrogens with zero attached hydrogens (tertiary/aromatic N) is 2. The molecular weight excluding hydrogens is 787 g/mol. The van der Waals surface area contributed by atoms with Crippen molar-refractivity contribution >= 4 is 46.6 Å². The van der Waals surface area contributed by atoms with Crippen molar-refractivity contribution in [3.05, 3.63) is 174 Å². The van der Waals surface area contributed by atoms with Crippen LogP contribution in [-0.4, -0.2) is 18.9 Å². The number of aliphatic hydroxyl groups is 1. The second kappa shape index (κ2) is 16.9. The lowest BCUT2D eigenvalue weighted by Gasteiger charge is -2.44. The zero-order valence-corrected chi connectivity index (χ0v) is 41.4. The third-order valence-electron chi connectivity index (χ3n) is 15.2. The van der Waals surface area contributed by atoms with E-state index in [1.54, 1.807) is 6.08 Å². The predicted molar refractivity (Wildman–Crippen MR) is 284 cm³/mol. The minimum absolute atomic E-state index is 0.0744. The van der Waals surface area contributed by atoms with E-state index < -0.39 is 0 Å². The van der Waals surface area contributed by atoms with E-state index in [4.69, 9.17) is 0 Å². The molecule has 65 heavy (non-hydrogen) atoms. The summed E-state index contributed by atoms with van der Waals surface area (Å²) in [6.45, 7) is 32.8. The summed E-state index contributed by atoms with van der Waals surface area (Å²) in [6.07, 6.45) is 7.16.